The number of aryl methyl sites for hydroxylation is 2. The quantitative estimate of drug-likeness (QED) is 0.0828. The molecule has 0 saturated carbocycles. The van der Waals surface area contributed by atoms with E-state index >= 15 is 0 Å². The lowest BCUT2D eigenvalue weighted by atomic mass is 10.0. The fourth-order valence-electron chi connectivity index (χ4n) is 5.33. The molecule has 0 radical (unpaired) electrons. The van der Waals surface area contributed by atoms with Gasteiger partial charge in [-0.1, -0.05) is 134 Å². The number of esters is 2. The van der Waals surface area contributed by atoms with Crippen molar-refractivity contribution in [2.45, 2.75) is 156 Å². The number of benzene rings is 2. The molecule has 0 aliphatic rings. The zero-order valence-corrected chi connectivity index (χ0v) is 26.1. The summed E-state index contributed by atoms with van der Waals surface area (Å²) in [4.78, 5) is 25.4. The Morgan fingerprint density at radius 1 is 0.550 bits per heavy atom. The SMILES string of the molecule is CCCCCCCCCCCC(=O)Oc1cc(C)c(OC(=O)CCCCCCCCCCC)c2ccc(C)cc12. The second kappa shape index (κ2) is 20.5. The molecule has 0 spiro atoms. The molecule has 4 heteroatoms. The third-order valence-corrected chi connectivity index (χ3v) is 7.80. The monoisotopic (exact) mass is 552 g/mol. The van der Waals surface area contributed by atoms with Crippen LogP contribution < -0.4 is 9.47 Å². The maximum Gasteiger partial charge on any atom is 0.311 e. The average molecular weight is 553 g/mol. The molecule has 0 aromatic heterocycles. The van der Waals surface area contributed by atoms with E-state index in [2.05, 4.69) is 13.8 Å². The summed E-state index contributed by atoms with van der Waals surface area (Å²) in [5.74, 6) is 0.744. The fraction of sp³-hybridized carbons (Fsp3) is 0.667. The van der Waals surface area contributed by atoms with Gasteiger partial charge < -0.3 is 9.47 Å². The maximum absolute atomic E-state index is 12.7. The first kappa shape index (κ1) is 33.8. The first-order chi connectivity index (χ1) is 19.5. The van der Waals surface area contributed by atoms with E-state index < -0.39 is 0 Å². The number of unbranched alkanes of at least 4 members (excludes halogenated alkanes) is 16. The average Bonchev–Trinajstić information content (AvgIpc) is 2.93. The van der Waals surface area contributed by atoms with Gasteiger partial charge in [-0.25, -0.2) is 0 Å². The van der Waals surface area contributed by atoms with Crippen LogP contribution in [0.1, 0.15) is 153 Å². The van der Waals surface area contributed by atoms with Gasteiger partial charge in [0.1, 0.15) is 11.5 Å². The second-order valence-electron chi connectivity index (χ2n) is 11.7. The minimum Gasteiger partial charge on any atom is -0.426 e. The molecule has 0 unspecified atom stereocenters. The lowest BCUT2D eigenvalue weighted by Gasteiger charge is -2.15. The predicted molar refractivity (Wildman–Crippen MR) is 168 cm³/mol. The third-order valence-electron chi connectivity index (χ3n) is 7.80. The highest BCUT2D eigenvalue weighted by atomic mass is 16.5. The van der Waals surface area contributed by atoms with Crippen LogP contribution in [-0.4, -0.2) is 11.9 Å². The van der Waals surface area contributed by atoms with Crippen LogP contribution in [0, 0.1) is 13.8 Å². The van der Waals surface area contributed by atoms with Crippen LogP contribution in [0.5, 0.6) is 11.5 Å². The number of carbonyl (C=O) groups is 2. The second-order valence-corrected chi connectivity index (χ2v) is 11.7. The molecule has 0 fully saturated rings. The third kappa shape index (κ3) is 13.3. The van der Waals surface area contributed by atoms with Crippen molar-refractivity contribution in [3.05, 3.63) is 35.4 Å². The minimum atomic E-state index is -0.194. The standard InChI is InChI=1S/C36H56O4/c1-5-7-9-11-13-15-17-19-21-23-34(37)39-33-28-30(4)36(31-26-25-29(3)27-32(31)33)40-35(38)24-22-20-18-16-14-12-10-8-6-2/h25-28H,5-24H2,1-4H3. The number of ether oxygens (including phenoxy) is 2. The number of carbonyl (C=O) groups excluding carboxylic acids is 2. The summed E-state index contributed by atoms with van der Waals surface area (Å²) in [6.07, 6.45) is 22.7. The van der Waals surface area contributed by atoms with Crippen LogP contribution in [-0.2, 0) is 9.59 Å². The molecule has 0 atom stereocenters. The molecular formula is C36H56O4. The molecule has 0 saturated heterocycles. The molecule has 4 nitrogen and oxygen atoms in total. The first-order valence-corrected chi connectivity index (χ1v) is 16.4. The van der Waals surface area contributed by atoms with Gasteiger partial charge in [0.05, 0.1) is 0 Å². The lowest BCUT2D eigenvalue weighted by molar-refractivity contribution is -0.135. The summed E-state index contributed by atoms with van der Waals surface area (Å²) in [5, 5.41) is 1.63. The Morgan fingerprint density at radius 2 is 1.00 bits per heavy atom. The van der Waals surface area contributed by atoms with Crippen LogP contribution in [0.25, 0.3) is 10.8 Å². The summed E-state index contributed by atoms with van der Waals surface area (Å²) < 4.78 is 11.7. The molecule has 0 amide bonds. The molecule has 0 N–H and O–H groups in total. The van der Waals surface area contributed by atoms with Gasteiger partial charge in [-0.05, 0) is 44.4 Å². The van der Waals surface area contributed by atoms with Gasteiger partial charge >= 0.3 is 11.9 Å². The summed E-state index contributed by atoms with van der Waals surface area (Å²) in [5.41, 5.74) is 1.88. The topological polar surface area (TPSA) is 52.6 Å². The summed E-state index contributed by atoms with van der Waals surface area (Å²) in [7, 11) is 0. The summed E-state index contributed by atoms with van der Waals surface area (Å²) in [6.45, 7) is 8.42. The van der Waals surface area contributed by atoms with Crippen LogP contribution in [0.3, 0.4) is 0 Å². The van der Waals surface area contributed by atoms with E-state index in [0.29, 0.717) is 24.3 Å². The normalized spacial score (nSPS) is 11.2. The van der Waals surface area contributed by atoms with E-state index in [1.807, 2.05) is 38.1 Å². The van der Waals surface area contributed by atoms with Gasteiger partial charge in [-0.3, -0.25) is 9.59 Å². The van der Waals surface area contributed by atoms with Crippen molar-refractivity contribution in [2.24, 2.45) is 0 Å². The van der Waals surface area contributed by atoms with Crippen LogP contribution in [0.15, 0.2) is 24.3 Å². The molecule has 2 aromatic carbocycles. The zero-order chi connectivity index (χ0) is 29.0. The predicted octanol–water partition coefficient (Wildman–Crippen LogP) is 11.1. The lowest BCUT2D eigenvalue weighted by Crippen LogP contribution is -2.11. The van der Waals surface area contributed by atoms with E-state index in [1.54, 1.807) is 0 Å². The molecule has 2 rings (SSSR count). The van der Waals surface area contributed by atoms with Gasteiger partial charge in [-0.15, -0.1) is 0 Å². The maximum atomic E-state index is 12.7. The van der Waals surface area contributed by atoms with E-state index in [9.17, 15) is 9.59 Å². The van der Waals surface area contributed by atoms with E-state index in [1.165, 1.54) is 89.9 Å². The molecule has 224 valence electrons. The van der Waals surface area contributed by atoms with Crippen LogP contribution >= 0.6 is 0 Å². The van der Waals surface area contributed by atoms with E-state index in [0.717, 1.165) is 47.6 Å². The van der Waals surface area contributed by atoms with E-state index in [4.69, 9.17) is 9.47 Å². The smallest absolute Gasteiger partial charge is 0.311 e. The molecular weight excluding hydrogens is 496 g/mol. The van der Waals surface area contributed by atoms with Gasteiger partial charge in [0.15, 0.2) is 0 Å². The largest absolute Gasteiger partial charge is 0.426 e. The Kier molecular flexibility index (Phi) is 17.4. The molecule has 0 bridgehead atoms. The highest BCUT2D eigenvalue weighted by molar-refractivity contribution is 5.97. The molecule has 40 heavy (non-hydrogen) atoms. The van der Waals surface area contributed by atoms with Crippen LogP contribution in [0.4, 0.5) is 0 Å². The molecule has 0 aliphatic carbocycles. The Morgan fingerprint density at radius 3 is 1.50 bits per heavy atom. The van der Waals surface area contributed by atoms with Gasteiger partial charge in [0.2, 0.25) is 0 Å². The molecule has 0 heterocycles. The highest BCUT2D eigenvalue weighted by Gasteiger charge is 2.17. The van der Waals surface area contributed by atoms with E-state index in [-0.39, 0.29) is 11.9 Å². The molecule has 2 aromatic rings. The Hall–Kier alpha value is -2.36. The zero-order valence-electron chi connectivity index (χ0n) is 26.1. The number of hydrogen-bond acceptors (Lipinski definition) is 4. The number of rotatable bonds is 22. The Labute approximate surface area is 244 Å². The summed E-state index contributed by atoms with van der Waals surface area (Å²) >= 11 is 0. The minimum absolute atomic E-state index is 0.192. The molecule has 0 aliphatic heterocycles. The van der Waals surface area contributed by atoms with Crippen molar-refractivity contribution >= 4 is 22.7 Å². The van der Waals surface area contributed by atoms with Crippen molar-refractivity contribution in [2.75, 3.05) is 0 Å². The van der Waals surface area contributed by atoms with Crippen molar-refractivity contribution in [1.82, 2.24) is 0 Å². The van der Waals surface area contributed by atoms with Crippen LogP contribution in [0.2, 0.25) is 0 Å². The van der Waals surface area contributed by atoms with Crippen molar-refractivity contribution in [3.63, 3.8) is 0 Å². The van der Waals surface area contributed by atoms with Gasteiger partial charge in [0, 0.05) is 23.6 Å². The summed E-state index contributed by atoms with van der Waals surface area (Å²) in [6, 6.07) is 7.83. The van der Waals surface area contributed by atoms with Gasteiger partial charge in [-0.2, -0.15) is 0 Å². The first-order valence-electron chi connectivity index (χ1n) is 16.4. The Bertz CT molecular complexity index is 1010. The number of fused-ring (bicyclic) bond motifs is 1. The highest BCUT2D eigenvalue weighted by Crippen LogP contribution is 2.37. The Balaban J connectivity index is 1.84. The number of hydrogen-bond donors (Lipinski definition) is 0. The van der Waals surface area contributed by atoms with Crippen molar-refractivity contribution in [1.29, 1.82) is 0 Å². The van der Waals surface area contributed by atoms with Crippen molar-refractivity contribution in [3.8, 4) is 11.5 Å². The fourth-order valence-corrected chi connectivity index (χ4v) is 5.33. The van der Waals surface area contributed by atoms with Gasteiger partial charge in [0.25, 0.3) is 0 Å². The van der Waals surface area contributed by atoms with Crippen molar-refractivity contribution < 1.29 is 19.1 Å².